The van der Waals surface area contributed by atoms with Gasteiger partial charge in [-0.05, 0) is 55.3 Å². The zero-order chi connectivity index (χ0) is 20.9. The number of aliphatic hydroxyl groups is 1. The Bertz CT molecular complexity index is 987. The van der Waals surface area contributed by atoms with Gasteiger partial charge in [-0.25, -0.2) is 0 Å². The maximum atomic E-state index is 10.7. The molecule has 0 fully saturated rings. The first-order valence-corrected chi connectivity index (χ1v) is 10.9. The molecular formula is C24H27NO4S. The van der Waals surface area contributed by atoms with E-state index in [9.17, 15) is 5.11 Å². The van der Waals surface area contributed by atoms with Gasteiger partial charge >= 0.3 is 0 Å². The van der Waals surface area contributed by atoms with E-state index < -0.39 is 6.10 Å². The molecule has 0 radical (unpaired) electrons. The van der Waals surface area contributed by atoms with Crippen LogP contribution in [0.15, 0.2) is 54.6 Å². The minimum atomic E-state index is -0.598. The minimum absolute atomic E-state index is 0.256. The lowest BCUT2D eigenvalue weighted by atomic mass is 10.1. The molecule has 0 amide bonds. The Morgan fingerprint density at radius 1 is 1.03 bits per heavy atom. The van der Waals surface area contributed by atoms with Crippen LogP contribution in [-0.2, 0) is 13.1 Å². The van der Waals surface area contributed by atoms with Crippen LogP contribution in [0.2, 0.25) is 0 Å². The summed E-state index contributed by atoms with van der Waals surface area (Å²) >= 11 is 1.79. The number of para-hydroxylation sites is 1. The predicted molar refractivity (Wildman–Crippen MR) is 118 cm³/mol. The molecule has 0 aliphatic carbocycles. The van der Waals surface area contributed by atoms with Crippen molar-refractivity contribution in [3.8, 4) is 17.2 Å². The smallest absolute Gasteiger partial charge is 0.231 e. The van der Waals surface area contributed by atoms with Crippen LogP contribution < -0.4 is 14.2 Å². The summed E-state index contributed by atoms with van der Waals surface area (Å²) in [6.07, 6.45) is -0.598. The van der Waals surface area contributed by atoms with Crippen molar-refractivity contribution in [3.05, 3.63) is 75.5 Å². The molecule has 1 aromatic heterocycles. The van der Waals surface area contributed by atoms with Crippen LogP contribution in [-0.4, -0.2) is 36.1 Å². The second kappa shape index (κ2) is 9.51. The zero-order valence-corrected chi connectivity index (χ0v) is 18.2. The van der Waals surface area contributed by atoms with E-state index in [0.29, 0.717) is 13.1 Å². The first-order chi connectivity index (χ1) is 14.6. The van der Waals surface area contributed by atoms with E-state index in [2.05, 4.69) is 30.0 Å². The van der Waals surface area contributed by atoms with E-state index in [1.165, 1.54) is 9.75 Å². The van der Waals surface area contributed by atoms with Gasteiger partial charge in [0, 0.05) is 29.4 Å². The van der Waals surface area contributed by atoms with Crippen LogP contribution in [0.25, 0.3) is 0 Å². The topological polar surface area (TPSA) is 51.2 Å². The number of rotatable bonds is 9. The summed E-state index contributed by atoms with van der Waals surface area (Å²) in [5.74, 6) is 2.38. The minimum Gasteiger partial charge on any atom is -0.491 e. The molecule has 2 heterocycles. The third-order valence-corrected chi connectivity index (χ3v) is 6.00. The molecule has 6 heteroatoms. The normalized spacial score (nSPS) is 13.6. The Kier molecular flexibility index (Phi) is 6.57. The molecule has 4 rings (SSSR count). The molecule has 0 spiro atoms. The number of thiophene rings is 1. The molecule has 1 aliphatic rings. The molecule has 158 valence electrons. The molecule has 3 aromatic rings. The number of nitrogens with zero attached hydrogens (tertiary/aromatic N) is 1. The standard InChI is InChI=1S/C24H27NO4S/c1-17-5-3-4-6-22(17)27-15-20(26)13-25(14-21-9-7-18(2)30-21)12-19-8-10-23-24(11-19)29-16-28-23/h3-11,20,26H,12-16H2,1-2H3. The Morgan fingerprint density at radius 3 is 2.67 bits per heavy atom. The average Bonchev–Trinajstić information content (AvgIpc) is 3.35. The molecule has 0 saturated carbocycles. The quantitative estimate of drug-likeness (QED) is 0.546. The first-order valence-electron chi connectivity index (χ1n) is 10.1. The van der Waals surface area contributed by atoms with Crippen molar-refractivity contribution in [1.82, 2.24) is 4.90 Å². The molecule has 0 bridgehead atoms. The van der Waals surface area contributed by atoms with Crippen molar-refractivity contribution in [2.45, 2.75) is 33.0 Å². The number of benzene rings is 2. The fraction of sp³-hybridized carbons (Fsp3) is 0.333. The first kappa shape index (κ1) is 20.7. The SMILES string of the molecule is Cc1ccc(CN(Cc2ccc3c(c2)OCO3)CC(O)COc2ccccc2C)s1. The van der Waals surface area contributed by atoms with E-state index in [-0.39, 0.29) is 13.4 Å². The van der Waals surface area contributed by atoms with Gasteiger partial charge < -0.3 is 19.3 Å². The van der Waals surface area contributed by atoms with E-state index in [1.54, 1.807) is 11.3 Å². The largest absolute Gasteiger partial charge is 0.491 e. The Hall–Kier alpha value is -2.54. The highest BCUT2D eigenvalue weighted by molar-refractivity contribution is 7.11. The summed E-state index contributed by atoms with van der Waals surface area (Å²) in [4.78, 5) is 4.81. The van der Waals surface area contributed by atoms with Gasteiger partial charge in [-0.3, -0.25) is 4.90 Å². The highest BCUT2D eigenvalue weighted by atomic mass is 32.1. The second-order valence-electron chi connectivity index (χ2n) is 7.60. The number of hydrogen-bond acceptors (Lipinski definition) is 6. The second-order valence-corrected chi connectivity index (χ2v) is 8.97. The van der Waals surface area contributed by atoms with Gasteiger partial charge in [-0.1, -0.05) is 24.3 Å². The van der Waals surface area contributed by atoms with Gasteiger partial charge in [0.2, 0.25) is 6.79 Å². The molecule has 1 N–H and O–H groups in total. The van der Waals surface area contributed by atoms with Gasteiger partial charge in [0.15, 0.2) is 11.5 Å². The molecule has 1 atom stereocenters. The van der Waals surface area contributed by atoms with Crippen molar-refractivity contribution in [1.29, 1.82) is 0 Å². The molecule has 30 heavy (non-hydrogen) atoms. The van der Waals surface area contributed by atoms with E-state index >= 15 is 0 Å². The molecule has 5 nitrogen and oxygen atoms in total. The fourth-order valence-electron chi connectivity index (χ4n) is 3.53. The molecular weight excluding hydrogens is 398 g/mol. The predicted octanol–water partition coefficient (Wildman–Crippen LogP) is 4.54. The lowest BCUT2D eigenvalue weighted by Gasteiger charge is -2.25. The van der Waals surface area contributed by atoms with Crippen LogP contribution in [0, 0.1) is 13.8 Å². The van der Waals surface area contributed by atoms with Gasteiger partial charge in [-0.15, -0.1) is 11.3 Å². The van der Waals surface area contributed by atoms with Gasteiger partial charge in [0.05, 0.1) is 0 Å². The highest BCUT2D eigenvalue weighted by Crippen LogP contribution is 2.33. The van der Waals surface area contributed by atoms with Crippen LogP contribution >= 0.6 is 11.3 Å². The third kappa shape index (κ3) is 5.33. The lowest BCUT2D eigenvalue weighted by Crippen LogP contribution is -2.35. The van der Waals surface area contributed by atoms with Gasteiger partial charge in [-0.2, -0.15) is 0 Å². The number of aryl methyl sites for hydroxylation is 2. The molecule has 1 aliphatic heterocycles. The van der Waals surface area contributed by atoms with Crippen LogP contribution in [0.4, 0.5) is 0 Å². The van der Waals surface area contributed by atoms with E-state index in [1.807, 2.05) is 43.3 Å². The highest BCUT2D eigenvalue weighted by Gasteiger charge is 2.18. The average molecular weight is 426 g/mol. The summed E-state index contributed by atoms with van der Waals surface area (Å²) < 4.78 is 16.8. The Labute approximate surface area is 181 Å². The van der Waals surface area contributed by atoms with Crippen molar-refractivity contribution >= 4 is 11.3 Å². The van der Waals surface area contributed by atoms with Gasteiger partial charge in [0.1, 0.15) is 18.5 Å². The van der Waals surface area contributed by atoms with Crippen LogP contribution in [0.3, 0.4) is 0 Å². The fourth-order valence-corrected chi connectivity index (χ4v) is 4.46. The summed E-state index contributed by atoms with van der Waals surface area (Å²) in [6, 6.07) is 18.2. The monoisotopic (exact) mass is 425 g/mol. The number of aliphatic hydroxyl groups excluding tert-OH is 1. The van der Waals surface area contributed by atoms with Crippen molar-refractivity contribution < 1.29 is 19.3 Å². The lowest BCUT2D eigenvalue weighted by molar-refractivity contribution is 0.0629. The third-order valence-electron chi connectivity index (χ3n) is 5.01. The maximum absolute atomic E-state index is 10.7. The Morgan fingerprint density at radius 2 is 1.87 bits per heavy atom. The number of fused-ring (bicyclic) bond motifs is 1. The van der Waals surface area contributed by atoms with Crippen LogP contribution in [0.1, 0.15) is 20.9 Å². The van der Waals surface area contributed by atoms with Crippen molar-refractivity contribution in [2.75, 3.05) is 19.9 Å². The summed E-state index contributed by atoms with van der Waals surface area (Å²) in [7, 11) is 0. The maximum Gasteiger partial charge on any atom is 0.231 e. The summed E-state index contributed by atoms with van der Waals surface area (Å²) in [5, 5.41) is 10.7. The van der Waals surface area contributed by atoms with Crippen molar-refractivity contribution in [2.24, 2.45) is 0 Å². The zero-order valence-electron chi connectivity index (χ0n) is 17.3. The molecule has 1 unspecified atom stereocenters. The molecule has 0 saturated heterocycles. The number of hydrogen-bond donors (Lipinski definition) is 1. The van der Waals surface area contributed by atoms with E-state index in [0.717, 1.165) is 34.9 Å². The van der Waals surface area contributed by atoms with E-state index in [4.69, 9.17) is 14.2 Å². The summed E-state index contributed by atoms with van der Waals surface area (Å²) in [5.41, 5.74) is 2.19. The molecule has 2 aromatic carbocycles. The summed E-state index contributed by atoms with van der Waals surface area (Å²) in [6.45, 7) is 6.63. The van der Waals surface area contributed by atoms with Crippen molar-refractivity contribution in [3.63, 3.8) is 0 Å². The number of ether oxygens (including phenoxy) is 3. The van der Waals surface area contributed by atoms with Gasteiger partial charge in [0.25, 0.3) is 0 Å². The van der Waals surface area contributed by atoms with Crippen LogP contribution in [0.5, 0.6) is 17.2 Å². The Balaban J connectivity index is 1.42.